The van der Waals surface area contributed by atoms with Crippen LogP contribution in [-0.2, 0) is 32.7 Å². The summed E-state index contributed by atoms with van der Waals surface area (Å²) in [5.41, 5.74) is 0. The van der Waals surface area contributed by atoms with Crippen LogP contribution in [0.4, 0.5) is 0 Å². The Morgan fingerprint density at radius 2 is 0.871 bits per heavy atom. The molecule has 0 rings (SSSR count). The standard InChI is InChI=1S/C52H90NO8P/c1-6-8-10-12-14-16-18-20-22-24-25-26-27-29-30-32-34-36-38-40-42-44-51(54)58-48-50(49-60-62(56,57)59-47-46-53(3,4)5)61-52(55)45-43-41-39-37-35-33-31-28-23-21-19-17-15-13-11-9-7-2/h21-24,26-27,30-33,36-39,50H,6-20,25,28-29,34-35,40-49H2,1-5H3/b23-21+,24-22+,27-26+,32-30+,33-31+,38-36+,39-37+/t50-/m1/s1. The lowest BCUT2D eigenvalue weighted by Crippen LogP contribution is -2.37. The fourth-order valence-corrected chi connectivity index (χ4v) is 6.80. The van der Waals surface area contributed by atoms with Gasteiger partial charge in [0.2, 0.25) is 0 Å². The van der Waals surface area contributed by atoms with Crippen LogP contribution in [0.3, 0.4) is 0 Å². The fourth-order valence-electron chi connectivity index (χ4n) is 6.07. The van der Waals surface area contributed by atoms with Gasteiger partial charge in [0.05, 0.1) is 27.7 Å². The van der Waals surface area contributed by atoms with Crippen molar-refractivity contribution in [1.82, 2.24) is 0 Å². The van der Waals surface area contributed by atoms with Gasteiger partial charge in [-0.15, -0.1) is 0 Å². The molecule has 1 unspecified atom stereocenters. The van der Waals surface area contributed by atoms with Crippen molar-refractivity contribution in [3.8, 4) is 0 Å². The minimum atomic E-state index is -4.66. The van der Waals surface area contributed by atoms with Crippen LogP contribution in [0.5, 0.6) is 0 Å². The van der Waals surface area contributed by atoms with Crippen molar-refractivity contribution in [2.45, 2.75) is 187 Å². The number of phosphoric ester groups is 1. The van der Waals surface area contributed by atoms with Gasteiger partial charge in [-0.1, -0.05) is 170 Å². The van der Waals surface area contributed by atoms with Gasteiger partial charge < -0.3 is 27.9 Å². The van der Waals surface area contributed by atoms with Crippen LogP contribution in [0.15, 0.2) is 85.1 Å². The molecule has 0 heterocycles. The Morgan fingerprint density at radius 1 is 0.500 bits per heavy atom. The zero-order chi connectivity index (χ0) is 45.7. The molecule has 0 aliphatic heterocycles. The summed E-state index contributed by atoms with van der Waals surface area (Å²) >= 11 is 0. The van der Waals surface area contributed by atoms with E-state index in [0.29, 0.717) is 30.3 Å². The molecule has 0 saturated carbocycles. The smallest absolute Gasteiger partial charge is 0.306 e. The number of likely N-dealkylation sites (N-methyl/N-ethyl adjacent to an activating group) is 1. The van der Waals surface area contributed by atoms with E-state index in [1.54, 1.807) is 0 Å². The summed E-state index contributed by atoms with van der Waals surface area (Å²) in [6, 6.07) is 0. The largest absolute Gasteiger partial charge is 0.756 e. The highest BCUT2D eigenvalue weighted by atomic mass is 31.2. The SMILES string of the molecule is CCCCCCCC/C=C/C/C=C/C/C=C/CCCC(=O)O[C@H](COC(=O)CCC/C=C/C/C=C/C/C=C/C/C=C/CCCCCCCCC)COP(=O)([O-])OCC[N+](C)(C)C. The number of unbranched alkanes of at least 4 members (excludes halogenated alkanes) is 15. The van der Waals surface area contributed by atoms with E-state index in [2.05, 4.69) is 92.8 Å². The average Bonchev–Trinajstić information content (AvgIpc) is 3.23. The molecule has 0 N–H and O–H groups in total. The average molecular weight is 888 g/mol. The van der Waals surface area contributed by atoms with E-state index < -0.39 is 32.5 Å². The molecule has 0 fully saturated rings. The monoisotopic (exact) mass is 888 g/mol. The van der Waals surface area contributed by atoms with Gasteiger partial charge in [-0.3, -0.25) is 14.2 Å². The molecule has 9 nitrogen and oxygen atoms in total. The predicted molar refractivity (Wildman–Crippen MR) is 259 cm³/mol. The number of esters is 2. The number of nitrogens with zero attached hydrogens (tertiary/aromatic N) is 1. The number of hydrogen-bond acceptors (Lipinski definition) is 8. The second kappa shape index (κ2) is 43.4. The quantitative estimate of drug-likeness (QED) is 0.0196. The number of carbonyl (C=O) groups is 2. The van der Waals surface area contributed by atoms with Crippen LogP contribution in [-0.4, -0.2) is 70.0 Å². The number of carbonyl (C=O) groups excluding carboxylic acids is 2. The van der Waals surface area contributed by atoms with E-state index in [1.165, 1.54) is 89.9 Å². The molecule has 0 aromatic carbocycles. The van der Waals surface area contributed by atoms with E-state index in [9.17, 15) is 19.0 Å². The first-order chi connectivity index (χ1) is 30.0. The number of rotatable bonds is 43. The summed E-state index contributed by atoms with van der Waals surface area (Å²) in [6.07, 6.45) is 56.3. The molecule has 0 aliphatic rings. The highest BCUT2D eigenvalue weighted by Crippen LogP contribution is 2.38. The first-order valence-electron chi connectivity index (χ1n) is 24.3. The predicted octanol–water partition coefficient (Wildman–Crippen LogP) is 13.7. The zero-order valence-corrected chi connectivity index (χ0v) is 40.9. The van der Waals surface area contributed by atoms with Gasteiger partial charge in [0, 0.05) is 12.8 Å². The molecule has 356 valence electrons. The maximum absolute atomic E-state index is 12.7. The summed E-state index contributed by atoms with van der Waals surface area (Å²) in [7, 11) is 1.09. The molecule has 0 aliphatic carbocycles. The number of quaternary nitrogens is 1. The molecule has 10 heteroatoms. The molecule has 0 spiro atoms. The first kappa shape index (κ1) is 59.2. The van der Waals surface area contributed by atoms with Gasteiger partial charge in [-0.25, -0.2) is 0 Å². The summed E-state index contributed by atoms with van der Waals surface area (Å²) in [6.45, 7) is 4.09. The van der Waals surface area contributed by atoms with Gasteiger partial charge >= 0.3 is 11.9 Å². The number of allylic oxidation sites excluding steroid dienone is 14. The van der Waals surface area contributed by atoms with Crippen molar-refractivity contribution in [1.29, 1.82) is 0 Å². The Kier molecular flexibility index (Phi) is 41.5. The molecule has 62 heavy (non-hydrogen) atoms. The van der Waals surface area contributed by atoms with Crippen LogP contribution >= 0.6 is 7.82 Å². The Morgan fingerprint density at radius 3 is 1.29 bits per heavy atom. The normalized spacial score (nSPS) is 14.2. The molecule has 0 radical (unpaired) electrons. The minimum Gasteiger partial charge on any atom is -0.756 e. The summed E-state index contributed by atoms with van der Waals surface area (Å²) in [4.78, 5) is 37.6. The van der Waals surface area contributed by atoms with Crippen LogP contribution in [0, 0.1) is 0 Å². The van der Waals surface area contributed by atoms with Crippen molar-refractivity contribution in [3.63, 3.8) is 0 Å². The number of hydrogen-bond donors (Lipinski definition) is 0. The Hall–Kier alpha value is -2.81. The number of phosphoric acid groups is 1. The van der Waals surface area contributed by atoms with Gasteiger partial charge in [0.1, 0.15) is 19.8 Å². The maximum Gasteiger partial charge on any atom is 0.306 e. The maximum atomic E-state index is 12.7. The van der Waals surface area contributed by atoms with Crippen molar-refractivity contribution < 1.29 is 42.1 Å². The second-order valence-corrected chi connectivity index (χ2v) is 18.5. The minimum absolute atomic E-state index is 0.0526. The van der Waals surface area contributed by atoms with Gasteiger partial charge in [-0.2, -0.15) is 0 Å². The Bertz CT molecular complexity index is 1330. The summed E-state index contributed by atoms with van der Waals surface area (Å²) in [5, 5.41) is 0. The third kappa shape index (κ3) is 46.7. The molecule has 0 saturated heterocycles. The zero-order valence-electron chi connectivity index (χ0n) is 40.0. The lowest BCUT2D eigenvalue weighted by atomic mass is 10.1. The second-order valence-electron chi connectivity index (χ2n) is 17.1. The van der Waals surface area contributed by atoms with Gasteiger partial charge in [0.25, 0.3) is 7.82 Å². The van der Waals surface area contributed by atoms with Crippen molar-refractivity contribution in [2.75, 3.05) is 47.5 Å². The first-order valence-corrected chi connectivity index (χ1v) is 25.8. The molecule has 0 aromatic rings. The van der Waals surface area contributed by atoms with Gasteiger partial charge in [-0.05, 0) is 83.5 Å². The van der Waals surface area contributed by atoms with Gasteiger partial charge in [0.15, 0.2) is 6.10 Å². The van der Waals surface area contributed by atoms with Crippen LogP contribution < -0.4 is 4.89 Å². The van der Waals surface area contributed by atoms with E-state index >= 15 is 0 Å². The van der Waals surface area contributed by atoms with Crippen LogP contribution in [0.25, 0.3) is 0 Å². The van der Waals surface area contributed by atoms with E-state index in [-0.39, 0.29) is 26.1 Å². The molecule has 0 bridgehead atoms. The summed E-state index contributed by atoms with van der Waals surface area (Å²) in [5.74, 6) is -0.967. The Labute approximate surface area is 380 Å². The van der Waals surface area contributed by atoms with Crippen molar-refractivity contribution in [2.24, 2.45) is 0 Å². The Balaban J connectivity index is 4.48. The van der Waals surface area contributed by atoms with E-state index in [4.69, 9.17) is 18.5 Å². The third-order valence-corrected chi connectivity index (χ3v) is 10.9. The molecular weight excluding hydrogens is 798 g/mol. The highest BCUT2D eigenvalue weighted by molar-refractivity contribution is 7.45. The molecular formula is C52H90NO8P. The third-order valence-electron chi connectivity index (χ3n) is 9.89. The highest BCUT2D eigenvalue weighted by Gasteiger charge is 2.21. The molecule has 0 amide bonds. The van der Waals surface area contributed by atoms with E-state index in [1.807, 2.05) is 27.2 Å². The molecule has 2 atom stereocenters. The lowest BCUT2D eigenvalue weighted by Gasteiger charge is -2.28. The molecule has 0 aromatic heterocycles. The van der Waals surface area contributed by atoms with E-state index in [0.717, 1.165) is 44.9 Å². The lowest BCUT2D eigenvalue weighted by molar-refractivity contribution is -0.870. The summed E-state index contributed by atoms with van der Waals surface area (Å²) < 4.78 is 33.8. The van der Waals surface area contributed by atoms with Crippen LogP contribution in [0.1, 0.15) is 181 Å². The fraction of sp³-hybridized carbons (Fsp3) is 0.692. The topological polar surface area (TPSA) is 111 Å². The number of ether oxygens (including phenoxy) is 2. The van der Waals surface area contributed by atoms with Crippen molar-refractivity contribution >= 4 is 19.8 Å². The van der Waals surface area contributed by atoms with Crippen LogP contribution in [0.2, 0.25) is 0 Å². The van der Waals surface area contributed by atoms with Crippen molar-refractivity contribution in [3.05, 3.63) is 85.1 Å².